The van der Waals surface area contributed by atoms with Crippen molar-refractivity contribution in [2.75, 3.05) is 20.6 Å². The van der Waals surface area contributed by atoms with Gasteiger partial charge in [-0.25, -0.2) is 21.9 Å². The van der Waals surface area contributed by atoms with E-state index in [2.05, 4.69) is 10.4 Å². The van der Waals surface area contributed by atoms with Crippen molar-refractivity contribution >= 4 is 33.6 Å². The largest absolute Gasteiger partial charge is 0.465 e. The Morgan fingerprint density at radius 2 is 1.92 bits per heavy atom. The lowest BCUT2D eigenvalue weighted by molar-refractivity contribution is 0.0907. The van der Waals surface area contributed by atoms with E-state index in [1.807, 2.05) is 5.32 Å². The van der Waals surface area contributed by atoms with Crippen LogP contribution in [0.2, 0.25) is 5.02 Å². The van der Waals surface area contributed by atoms with Crippen LogP contribution >= 0.6 is 11.6 Å². The maximum Gasteiger partial charge on any atom is 0.404 e. The van der Waals surface area contributed by atoms with Crippen molar-refractivity contribution in [3.8, 4) is 0 Å². The predicted octanol–water partition coefficient (Wildman–Crippen LogP) is 3.34. The van der Waals surface area contributed by atoms with E-state index in [-0.39, 0.29) is 35.1 Å². The van der Waals surface area contributed by atoms with Gasteiger partial charge in [0, 0.05) is 38.2 Å². The summed E-state index contributed by atoms with van der Waals surface area (Å²) < 4.78 is 41.7. The van der Waals surface area contributed by atoms with Gasteiger partial charge in [-0.05, 0) is 51.5 Å². The normalized spacial score (nSPS) is 12.6. The zero-order chi connectivity index (χ0) is 27.4. The van der Waals surface area contributed by atoms with Crippen molar-refractivity contribution in [3.63, 3.8) is 0 Å². The van der Waals surface area contributed by atoms with Crippen LogP contribution in [0, 0.1) is 6.92 Å². The molecule has 1 aromatic heterocycles. The third kappa shape index (κ3) is 7.52. The topological polar surface area (TPSA) is 134 Å². The van der Waals surface area contributed by atoms with Crippen molar-refractivity contribution in [1.29, 1.82) is 0 Å². The minimum absolute atomic E-state index is 0.0341. The van der Waals surface area contributed by atoms with Crippen molar-refractivity contribution < 1.29 is 27.5 Å². The molecule has 198 valence electrons. The standard InChI is InChI=1S/C23H31ClFN5O5S/c1-14-17(11-15-7-8-19(18(24)12-15)36(34,35)29(5)6)20(21(31)27-23(2,3)4)30(28-14)13-16(25)9-10-26-22(32)33/h7-9,12,26H,10-11,13H2,1-6H3,(H,27,31)(H,32,33). The second-order valence-corrected chi connectivity index (χ2v) is 11.9. The van der Waals surface area contributed by atoms with Crippen LogP contribution in [-0.4, -0.2) is 65.8 Å². The van der Waals surface area contributed by atoms with Gasteiger partial charge in [-0.15, -0.1) is 0 Å². The van der Waals surface area contributed by atoms with E-state index >= 15 is 0 Å². The Bertz CT molecular complexity index is 1280. The Morgan fingerprint density at radius 1 is 1.28 bits per heavy atom. The third-order valence-electron chi connectivity index (χ3n) is 4.97. The molecule has 0 saturated heterocycles. The fraction of sp³-hybridized carbons (Fsp3) is 0.435. The van der Waals surface area contributed by atoms with Gasteiger partial charge < -0.3 is 15.7 Å². The molecule has 2 amide bonds. The highest BCUT2D eigenvalue weighted by atomic mass is 35.5. The summed E-state index contributed by atoms with van der Waals surface area (Å²) >= 11 is 6.29. The summed E-state index contributed by atoms with van der Waals surface area (Å²) in [7, 11) is -0.928. The summed E-state index contributed by atoms with van der Waals surface area (Å²) in [6, 6.07) is 4.51. The molecular formula is C23H31ClFN5O5S. The molecule has 1 heterocycles. The van der Waals surface area contributed by atoms with Gasteiger partial charge in [0.05, 0.1) is 17.3 Å². The average molecular weight is 544 g/mol. The summed E-state index contributed by atoms with van der Waals surface area (Å²) in [5.74, 6) is -1.14. The van der Waals surface area contributed by atoms with Gasteiger partial charge in [0.15, 0.2) is 0 Å². The number of carbonyl (C=O) groups is 2. The van der Waals surface area contributed by atoms with Crippen LogP contribution in [0.1, 0.15) is 48.1 Å². The molecule has 3 N–H and O–H groups in total. The van der Waals surface area contributed by atoms with Crippen LogP contribution < -0.4 is 10.6 Å². The highest BCUT2D eigenvalue weighted by Crippen LogP contribution is 2.27. The van der Waals surface area contributed by atoms with Crippen molar-refractivity contribution in [1.82, 2.24) is 24.7 Å². The number of hydrogen-bond donors (Lipinski definition) is 3. The van der Waals surface area contributed by atoms with Crippen molar-refractivity contribution in [3.05, 3.63) is 57.6 Å². The van der Waals surface area contributed by atoms with Crippen LogP contribution in [0.3, 0.4) is 0 Å². The molecule has 0 atom stereocenters. The third-order valence-corrected chi connectivity index (χ3v) is 7.27. The first-order chi connectivity index (χ1) is 16.5. The van der Waals surface area contributed by atoms with Crippen LogP contribution in [-0.2, 0) is 23.0 Å². The minimum atomic E-state index is -3.74. The molecule has 2 aromatic rings. The monoisotopic (exact) mass is 543 g/mol. The molecule has 1 aromatic carbocycles. The summed E-state index contributed by atoms with van der Waals surface area (Å²) in [5.41, 5.74) is 1.19. The quantitative estimate of drug-likeness (QED) is 0.444. The number of aryl methyl sites for hydroxylation is 1. The second-order valence-electron chi connectivity index (χ2n) is 9.34. The Morgan fingerprint density at radius 3 is 2.44 bits per heavy atom. The number of aromatic nitrogens is 2. The maximum atomic E-state index is 14.5. The van der Waals surface area contributed by atoms with Gasteiger partial charge >= 0.3 is 6.09 Å². The number of carboxylic acid groups (broad SMARTS) is 1. The van der Waals surface area contributed by atoms with E-state index in [0.29, 0.717) is 16.8 Å². The molecule has 0 aliphatic carbocycles. The molecule has 0 spiro atoms. The first kappa shape index (κ1) is 29.3. The highest BCUT2D eigenvalue weighted by Gasteiger charge is 2.26. The lowest BCUT2D eigenvalue weighted by atomic mass is 10.0. The van der Waals surface area contributed by atoms with E-state index < -0.39 is 33.4 Å². The van der Waals surface area contributed by atoms with E-state index in [9.17, 15) is 22.4 Å². The molecule has 0 saturated carbocycles. The predicted molar refractivity (Wildman–Crippen MR) is 135 cm³/mol. The van der Waals surface area contributed by atoms with Gasteiger partial charge in [-0.1, -0.05) is 17.7 Å². The number of amides is 2. The summed E-state index contributed by atoms with van der Waals surface area (Å²) in [6.45, 7) is 6.48. The van der Waals surface area contributed by atoms with E-state index in [1.165, 1.54) is 30.9 Å². The molecule has 13 heteroatoms. The zero-order valence-corrected chi connectivity index (χ0v) is 22.6. The first-order valence-corrected chi connectivity index (χ1v) is 12.8. The lowest BCUT2D eigenvalue weighted by Crippen LogP contribution is -2.42. The van der Waals surface area contributed by atoms with Crippen LogP contribution in [0.4, 0.5) is 9.18 Å². The number of benzene rings is 1. The lowest BCUT2D eigenvalue weighted by Gasteiger charge is -2.21. The fourth-order valence-corrected chi connectivity index (χ4v) is 4.75. The molecule has 0 unspecified atom stereocenters. The van der Waals surface area contributed by atoms with Crippen molar-refractivity contribution in [2.24, 2.45) is 0 Å². The number of carbonyl (C=O) groups excluding carboxylic acids is 1. The smallest absolute Gasteiger partial charge is 0.404 e. The molecule has 0 bridgehead atoms. The fourth-order valence-electron chi connectivity index (χ4n) is 3.32. The van der Waals surface area contributed by atoms with Gasteiger partial charge in [0.2, 0.25) is 10.0 Å². The van der Waals surface area contributed by atoms with Crippen LogP contribution in [0.25, 0.3) is 0 Å². The van der Waals surface area contributed by atoms with Gasteiger partial charge in [0.25, 0.3) is 5.91 Å². The number of rotatable bonds is 9. The Balaban J connectivity index is 2.49. The molecule has 0 aliphatic heterocycles. The Kier molecular flexibility index (Phi) is 9.27. The molecule has 0 aliphatic rings. The molecule has 2 rings (SSSR count). The molecule has 0 radical (unpaired) electrons. The van der Waals surface area contributed by atoms with E-state index in [4.69, 9.17) is 16.7 Å². The van der Waals surface area contributed by atoms with E-state index in [1.54, 1.807) is 33.8 Å². The number of nitrogens with one attached hydrogen (secondary N) is 2. The number of allylic oxidation sites excluding steroid dienone is 1. The highest BCUT2D eigenvalue weighted by molar-refractivity contribution is 7.89. The summed E-state index contributed by atoms with van der Waals surface area (Å²) in [5, 5.41) is 17.9. The SMILES string of the molecule is Cc1nn(CC(F)=CCNC(=O)O)c(C(=O)NC(C)(C)C)c1Cc1ccc(S(=O)(=O)N(C)C)c(Cl)c1. The zero-order valence-electron chi connectivity index (χ0n) is 21.0. The number of nitrogens with zero attached hydrogens (tertiary/aromatic N) is 3. The van der Waals surface area contributed by atoms with E-state index in [0.717, 1.165) is 10.4 Å². The average Bonchev–Trinajstić information content (AvgIpc) is 3.00. The van der Waals surface area contributed by atoms with Gasteiger partial charge in [-0.2, -0.15) is 5.10 Å². The second kappa shape index (κ2) is 11.4. The molecular weight excluding hydrogens is 513 g/mol. The maximum absolute atomic E-state index is 14.5. The van der Waals surface area contributed by atoms with Crippen LogP contribution in [0.5, 0.6) is 0 Å². The Hall–Kier alpha value is -2.96. The molecule has 36 heavy (non-hydrogen) atoms. The Labute approximate surface area is 215 Å². The van der Waals surface area contributed by atoms with Gasteiger partial charge in [0.1, 0.15) is 16.4 Å². The summed E-state index contributed by atoms with van der Waals surface area (Å²) in [4.78, 5) is 23.8. The number of sulfonamides is 1. The number of halogens is 2. The van der Waals surface area contributed by atoms with Crippen molar-refractivity contribution in [2.45, 2.75) is 51.1 Å². The van der Waals surface area contributed by atoms with Crippen LogP contribution in [0.15, 0.2) is 35.0 Å². The number of hydrogen-bond acceptors (Lipinski definition) is 5. The first-order valence-electron chi connectivity index (χ1n) is 10.9. The summed E-state index contributed by atoms with van der Waals surface area (Å²) in [6.07, 6.45) is -0.0448. The molecule has 0 fully saturated rings. The molecule has 10 nitrogen and oxygen atoms in total. The minimum Gasteiger partial charge on any atom is -0.465 e. The van der Waals surface area contributed by atoms with Gasteiger partial charge in [-0.3, -0.25) is 9.48 Å².